The van der Waals surface area contributed by atoms with Crippen LogP contribution in [0.5, 0.6) is 0 Å². The van der Waals surface area contributed by atoms with Crippen LogP contribution in [0.4, 0.5) is 0 Å². The zero-order valence-electron chi connectivity index (χ0n) is 14.9. The summed E-state index contributed by atoms with van der Waals surface area (Å²) in [5.74, 6) is 1.08. The van der Waals surface area contributed by atoms with Gasteiger partial charge in [-0.05, 0) is 30.7 Å². The van der Waals surface area contributed by atoms with Crippen molar-refractivity contribution in [2.75, 3.05) is 18.8 Å². The number of carbonyl (C=O) groups excluding carboxylic acids is 1. The van der Waals surface area contributed by atoms with Gasteiger partial charge in [-0.15, -0.1) is 11.8 Å². The Labute approximate surface area is 162 Å². The molecular weight excluding hydrogens is 358 g/mol. The molecule has 2 saturated heterocycles. The number of fused-ring (bicyclic) bond motifs is 1. The summed E-state index contributed by atoms with van der Waals surface area (Å²) in [4.78, 5) is 22.3. The maximum absolute atomic E-state index is 12.8. The van der Waals surface area contributed by atoms with Crippen molar-refractivity contribution >= 4 is 28.6 Å². The second-order valence-corrected chi connectivity index (χ2v) is 8.87. The van der Waals surface area contributed by atoms with E-state index in [1.54, 1.807) is 6.20 Å². The number of amides is 1. The number of carbonyl (C=O) groups is 1. The van der Waals surface area contributed by atoms with Gasteiger partial charge < -0.3 is 14.6 Å². The number of H-pyrrole nitrogens is 1. The van der Waals surface area contributed by atoms with Crippen LogP contribution in [0.3, 0.4) is 0 Å². The Bertz CT molecular complexity index is 933. The standard InChI is InChI=1S/C21H21N3O2S/c25-20(19-9-15-5-1-2-7-18(15)23-19)24-13-21(14-24)10-17(12-27-21)26-11-16-6-3-4-8-22-16/h1-9,17,23H,10-14H2/t17-/m0/s1. The molecule has 0 bridgehead atoms. The van der Waals surface area contributed by atoms with Crippen LogP contribution in [0.1, 0.15) is 22.6 Å². The van der Waals surface area contributed by atoms with Crippen LogP contribution in [-0.4, -0.2) is 50.5 Å². The minimum absolute atomic E-state index is 0.0929. The van der Waals surface area contributed by atoms with E-state index in [0.29, 0.717) is 12.3 Å². The highest BCUT2D eigenvalue weighted by molar-refractivity contribution is 8.01. The molecule has 0 aliphatic carbocycles. The van der Waals surface area contributed by atoms with E-state index in [0.717, 1.165) is 41.9 Å². The average Bonchev–Trinajstić information content (AvgIpc) is 3.30. The largest absolute Gasteiger partial charge is 0.371 e. The van der Waals surface area contributed by atoms with E-state index in [9.17, 15) is 4.79 Å². The van der Waals surface area contributed by atoms with Gasteiger partial charge in [-0.3, -0.25) is 9.78 Å². The molecule has 3 aromatic rings. The lowest BCUT2D eigenvalue weighted by Gasteiger charge is -2.47. The normalized spacial score (nSPS) is 20.9. The molecule has 0 unspecified atom stereocenters. The van der Waals surface area contributed by atoms with Gasteiger partial charge in [0, 0.05) is 35.9 Å². The third kappa shape index (κ3) is 3.24. The van der Waals surface area contributed by atoms with E-state index in [-0.39, 0.29) is 16.8 Å². The smallest absolute Gasteiger partial charge is 0.270 e. The third-order valence-electron chi connectivity index (χ3n) is 5.37. The fraction of sp³-hybridized carbons (Fsp3) is 0.333. The zero-order chi connectivity index (χ0) is 18.3. The van der Waals surface area contributed by atoms with E-state index in [2.05, 4.69) is 9.97 Å². The maximum atomic E-state index is 12.8. The fourth-order valence-corrected chi connectivity index (χ4v) is 5.52. The third-order valence-corrected chi connectivity index (χ3v) is 6.95. The van der Waals surface area contributed by atoms with Gasteiger partial charge in [-0.1, -0.05) is 24.3 Å². The van der Waals surface area contributed by atoms with E-state index in [1.165, 1.54) is 0 Å². The van der Waals surface area contributed by atoms with Crippen LogP contribution in [0.15, 0.2) is 54.7 Å². The highest BCUT2D eigenvalue weighted by atomic mass is 32.2. The van der Waals surface area contributed by atoms with E-state index >= 15 is 0 Å². The molecule has 1 spiro atoms. The van der Waals surface area contributed by atoms with Crippen molar-refractivity contribution in [3.8, 4) is 0 Å². The predicted octanol–water partition coefficient (Wildman–Crippen LogP) is 3.48. The Morgan fingerprint density at radius 1 is 1.26 bits per heavy atom. The quantitative estimate of drug-likeness (QED) is 0.754. The van der Waals surface area contributed by atoms with Crippen molar-refractivity contribution in [1.29, 1.82) is 0 Å². The van der Waals surface area contributed by atoms with Crippen molar-refractivity contribution < 1.29 is 9.53 Å². The number of nitrogens with one attached hydrogen (secondary N) is 1. The highest BCUT2D eigenvalue weighted by Crippen LogP contribution is 2.46. The molecule has 138 valence electrons. The Morgan fingerprint density at radius 2 is 2.11 bits per heavy atom. The molecule has 5 nitrogen and oxygen atoms in total. The topological polar surface area (TPSA) is 58.2 Å². The number of aromatic nitrogens is 2. The monoisotopic (exact) mass is 379 g/mol. The van der Waals surface area contributed by atoms with Crippen molar-refractivity contribution in [1.82, 2.24) is 14.9 Å². The molecule has 2 fully saturated rings. The SMILES string of the molecule is O=C(c1cc2ccccc2[nH]1)N1CC2(C[C@H](OCc3ccccn3)CS2)C1. The van der Waals surface area contributed by atoms with Crippen LogP contribution in [-0.2, 0) is 11.3 Å². The first-order chi connectivity index (χ1) is 13.2. The number of benzene rings is 1. The molecule has 1 atom stereocenters. The van der Waals surface area contributed by atoms with Crippen LogP contribution in [0, 0.1) is 0 Å². The number of likely N-dealkylation sites (tertiary alicyclic amines) is 1. The lowest BCUT2D eigenvalue weighted by molar-refractivity contribution is 0.0243. The molecular formula is C21H21N3O2S. The van der Waals surface area contributed by atoms with Gasteiger partial charge >= 0.3 is 0 Å². The summed E-state index contributed by atoms with van der Waals surface area (Å²) >= 11 is 1.95. The van der Waals surface area contributed by atoms with Crippen molar-refractivity contribution in [2.24, 2.45) is 0 Å². The molecule has 1 amide bonds. The van der Waals surface area contributed by atoms with Gasteiger partial charge in [0.05, 0.1) is 23.2 Å². The van der Waals surface area contributed by atoms with Gasteiger partial charge in [0.1, 0.15) is 5.69 Å². The van der Waals surface area contributed by atoms with E-state index in [4.69, 9.17) is 4.74 Å². The number of thioether (sulfide) groups is 1. The molecule has 5 rings (SSSR count). The highest BCUT2D eigenvalue weighted by Gasteiger charge is 2.51. The molecule has 1 aromatic carbocycles. The van der Waals surface area contributed by atoms with Gasteiger partial charge in [0.25, 0.3) is 5.91 Å². The molecule has 0 saturated carbocycles. The summed E-state index contributed by atoms with van der Waals surface area (Å²) < 4.78 is 6.21. The summed E-state index contributed by atoms with van der Waals surface area (Å²) in [6.07, 6.45) is 3.03. The first kappa shape index (κ1) is 16.8. The van der Waals surface area contributed by atoms with Gasteiger partial charge in [0.15, 0.2) is 0 Å². The van der Waals surface area contributed by atoms with Crippen LogP contribution in [0.2, 0.25) is 0 Å². The van der Waals surface area contributed by atoms with Crippen molar-refractivity contribution in [3.63, 3.8) is 0 Å². The van der Waals surface area contributed by atoms with Crippen molar-refractivity contribution in [2.45, 2.75) is 23.9 Å². The number of hydrogen-bond acceptors (Lipinski definition) is 4. The number of rotatable bonds is 4. The lowest BCUT2D eigenvalue weighted by Crippen LogP contribution is -2.60. The summed E-state index contributed by atoms with van der Waals surface area (Å²) in [7, 11) is 0. The fourth-order valence-electron chi connectivity index (χ4n) is 3.97. The number of hydrogen-bond donors (Lipinski definition) is 1. The molecule has 2 aliphatic heterocycles. The summed E-state index contributed by atoms with van der Waals surface area (Å²) in [5, 5.41) is 1.08. The van der Waals surface area contributed by atoms with Crippen LogP contribution in [0.25, 0.3) is 10.9 Å². The minimum atomic E-state index is 0.0929. The lowest BCUT2D eigenvalue weighted by atomic mass is 9.92. The first-order valence-electron chi connectivity index (χ1n) is 9.23. The Balaban J connectivity index is 1.17. The molecule has 6 heteroatoms. The first-order valence-corrected chi connectivity index (χ1v) is 10.2. The van der Waals surface area contributed by atoms with E-state index < -0.39 is 0 Å². The Kier molecular flexibility index (Phi) is 4.17. The molecule has 0 radical (unpaired) electrons. The summed E-state index contributed by atoms with van der Waals surface area (Å²) in [6.45, 7) is 2.16. The number of nitrogens with zero attached hydrogens (tertiary/aromatic N) is 2. The second kappa shape index (κ2) is 6.69. The molecule has 27 heavy (non-hydrogen) atoms. The minimum Gasteiger partial charge on any atom is -0.371 e. The summed E-state index contributed by atoms with van der Waals surface area (Å²) in [6, 6.07) is 15.8. The Hall–Kier alpha value is -2.31. The van der Waals surface area contributed by atoms with Gasteiger partial charge in [-0.2, -0.15) is 0 Å². The number of pyridine rings is 1. The average molecular weight is 379 g/mol. The molecule has 4 heterocycles. The Morgan fingerprint density at radius 3 is 2.93 bits per heavy atom. The van der Waals surface area contributed by atoms with Gasteiger partial charge in [0.2, 0.25) is 0 Å². The number of aromatic amines is 1. The predicted molar refractivity (Wildman–Crippen MR) is 107 cm³/mol. The van der Waals surface area contributed by atoms with Crippen LogP contribution < -0.4 is 0 Å². The summed E-state index contributed by atoms with van der Waals surface area (Å²) in [5.41, 5.74) is 2.65. The maximum Gasteiger partial charge on any atom is 0.270 e. The number of para-hydroxylation sites is 1. The zero-order valence-corrected chi connectivity index (χ0v) is 15.7. The molecule has 2 aliphatic rings. The van der Waals surface area contributed by atoms with Crippen molar-refractivity contribution in [3.05, 3.63) is 66.1 Å². The van der Waals surface area contributed by atoms with Gasteiger partial charge in [-0.25, -0.2) is 0 Å². The van der Waals surface area contributed by atoms with E-state index in [1.807, 2.05) is 65.2 Å². The van der Waals surface area contributed by atoms with Crippen LogP contribution >= 0.6 is 11.8 Å². The molecule has 1 N–H and O–H groups in total. The second-order valence-electron chi connectivity index (χ2n) is 7.38. The number of ether oxygens (including phenoxy) is 1. The molecule has 2 aromatic heterocycles.